The fourth-order valence-electron chi connectivity index (χ4n) is 2.27. The quantitative estimate of drug-likeness (QED) is 0.604. The highest BCUT2D eigenvalue weighted by molar-refractivity contribution is 5.83. The van der Waals surface area contributed by atoms with Gasteiger partial charge in [0.2, 0.25) is 5.91 Å². The molecule has 90 valence electrons. The second-order valence-corrected chi connectivity index (χ2v) is 4.53. The number of amides is 2. The molecule has 0 radical (unpaired) electrons. The summed E-state index contributed by atoms with van der Waals surface area (Å²) in [5, 5.41) is 0. The first-order chi connectivity index (χ1) is 7.23. The number of hydrogen-bond acceptors (Lipinski definition) is 2. The maximum absolute atomic E-state index is 12.0. The largest absolute Gasteiger partial charge is 0.471 e. The molecule has 0 N–H and O–H groups in total. The Bertz CT molecular complexity index is 339. The van der Waals surface area contributed by atoms with Crippen LogP contribution in [0.15, 0.2) is 0 Å². The highest BCUT2D eigenvalue weighted by Gasteiger charge is 2.57. The zero-order valence-electron chi connectivity index (χ0n) is 8.67. The van der Waals surface area contributed by atoms with E-state index in [1.165, 1.54) is 6.92 Å². The van der Waals surface area contributed by atoms with Crippen molar-refractivity contribution in [3.05, 3.63) is 0 Å². The van der Waals surface area contributed by atoms with Gasteiger partial charge in [0.25, 0.3) is 0 Å². The van der Waals surface area contributed by atoms with Crippen molar-refractivity contribution in [2.45, 2.75) is 13.1 Å². The zero-order valence-corrected chi connectivity index (χ0v) is 8.67. The fraction of sp³-hybridized carbons (Fsp3) is 0.778. The van der Waals surface area contributed by atoms with Crippen LogP contribution >= 0.6 is 0 Å². The SMILES string of the molecule is CC(=O)N1CC2(C1)CN(C(=O)C(F)(F)F)C2. The van der Waals surface area contributed by atoms with Crippen LogP contribution in [0.25, 0.3) is 0 Å². The first-order valence-corrected chi connectivity index (χ1v) is 4.85. The number of alkyl halides is 3. The average Bonchev–Trinajstić information content (AvgIpc) is 1.95. The summed E-state index contributed by atoms with van der Waals surface area (Å²) >= 11 is 0. The normalized spacial score (nSPS) is 22.8. The van der Waals surface area contributed by atoms with Crippen molar-refractivity contribution >= 4 is 11.8 Å². The molecule has 2 saturated heterocycles. The summed E-state index contributed by atoms with van der Waals surface area (Å²) < 4.78 is 36.1. The maximum Gasteiger partial charge on any atom is 0.471 e. The molecular weight excluding hydrogens is 225 g/mol. The van der Waals surface area contributed by atoms with E-state index in [0.29, 0.717) is 13.1 Å². The molecule has 0 aromatic rings. The smallest absolute Gasteiger partial charge is 0.341 e. The molecule has 0 aromatic heterocycles. The van der Waals surface area contributed by atoms with Crippen molar-refractivity contribution in [2.24, 2.45) is 5.41 Å². The average molecular weight is 236 g/mol. The molecule has 0 bridgehead atoms. The van der Waals surface area contributed by atoms with Crippen molar-refractivity contribution in [1.29, 1.82) is 0 Å². The molecule has 2 fully saturated rings. The van der Waals surface area contributed by atoms with E-state index < -0.39 is 12.1 Å². The van der Waals surface area contributed by atoms with Crippen molar-refractivity contribution < 1.29 is 22.8 Å². The Labute approximate surface area is 90.0 Å². The Balaban J connectivity index is 1.84. The zero-order chi connectivity index (χ0) is 12.1. The Hall–Kier alpha value is -1.27. The molecule has 0 atom stereocenters. The third-order valence-corrected chi connectivity index (χ3v) is 3.08. The lowest BCUT2D eigenvalue weighted by molar-refractivity contribution is -0.205. The van der Waals surface area contributed by atoms with Gasteiger partial charge in [0.05, 0.1) is 0 Å². The lowest BCUT2D eigenvalue weighted by Gasteiger charge is -2.59. The van der Waals surface area contributed by atoms with Crippen LogP contribution in [0.2, 0.25) is 0 Å². The lowest BCUT2D eigenvalue weighted by atomic mass is 9.72. The molecule has 4 nitrogen and oxygen atoms in total. The standard InChI is InChI=1S/C9H11F3N2O2/c1-6(15)13-2-8(3-13)4-14(5-8)7(16)9(10,11)12/h2-5H2,1H3. The van der Waals surface area contributed by atoms with Crippen molar-refractivity contribution in [2.75, 3.05) is 26.2 Å². The first kappa shape index (κ1) is 11.2. The van der Waals surface area contributed by atoms with Crippen LogP contribution in [0.1, 0.15) is 6.92 Å². The minimum absolute atomic E-state index is 0.0776. The summed E-state index contributed by atoms with van der Waals surface area (Å²) in [6, 6.07) is 0. The molecule has 2 rings (SSSR count). The van der Waals surface area contributed by atoms with Crippen molar-refractivity contribution in [1.82, 2.24) is 9.80 Å². The lowest BCUT2D eigenvalue weighted by Crippen LogP contribution is -2.74. The van der Waals surface area contributed by atoms with Crippen LogP contribution < -0.4 is 0 Å². The van der Waals surface area contributed by atoms with E-state index in [4.69, 9.17) is 0 Å². The van der Waals surface area contributed by atoms with Gasteiger partial charge in [0.1, 0.15) is 0 Å². The van der Waals surface area contributed by atoms with Crippen molar-refractivity contribution in [3.8, 4) is 0 Å². The van der Waals surface area contributed by atoms with Gasteiger partial charge < -0.3 is 9.80 Å². The Kier molecular flexibility index (Phi) is 2.18. The second-order valence-electron chi connectivity index (χ2n) is 4.53. The highest BCUT2D eigenvalue weighted by atomic mass is 19.4. The fourth-order valence-corrected chi connectivity index (χ4v) is 2.27. The van der Waals surface area contributed by atoms with Gasteiger partial charge >= 0.3 is 12.1 Å². The summed E-state index contributed by atoms with van der Waals surface area (Å²) in [6.07, 6.45) is -4.79. The summed E-state index contributed by atoms with van der Waals surface area (Å²) in [5.74, 6) is -1.86. The van der Waals surface area contributed by atoms with Gasteiger partial charge in [-0.25, -0.2) is 0 Å². The topological polar surface area (TPSA) is 40.6 Å². The number of nitrogens with zero attached hydrogens (tertiary/aromatic N) is 2. The predicted molar refractivity (Wildman–Crippen MR) is 47.3 cm³/mol. The third kappa shape index (κ3) is 1.64. The molecule has 0 aliphatic carbocycles. The summed E-state index contributed by atoms with van der Waals surface area (Å²) in [5.41, 5.74) is -0.271. The minimum Gasteiger partial charge on any atom is -0.341 e. The predicted octanol–water partition coefficient (Wildman–Crippen LogP) is 0.239. The Morgan fingerprint density at radius 2 is 1.50 bits per heavy atom. The number of hydrogen-bond donors (Lipinski definition) is 0. The van der Waals surface area contributed by atoms with E-state index in [2.05, 4.69) is 0 Å². The molecule has 1 spiro atoms. The van der Waals surface area contributed by atoms with Crippen LogP contribution in [-0.2, 0) is 9.59 Å². The van der Waals surface area contributed by atoms with Gasteiger partial charge in [0.15, 0.2) is 0 Å². The molecule has 0 aromatic carbocycles. The summed E-state index contributed by atoms with van der Waals surface area (Å²) in [4.78, 5) is 24.1. The van der Waals surface area contributed by atoms with E-state index in [9.17, 15) is 22.8 Å². The molecule has 7 heteroatoms. The number of carbonyl (C=O) groups excluding carboxylic acids is 2. The number of halogens is 3. The number of likely N-dealkylation sites (tertiary alicyclic amines) is 2. The first-order valence-electron chi connectivity index (χ1n) is 4.85. The Morgan fingerprint density at radius 1 is 1.06 bits per heavy atom. The van der Waals surface area contributed by atoms with Crippen LogP contribution in [-0.4, -0.2) is 54.0 Å². The summed E-state index contributed by atoms with van der Waals surface area (Å²) in [7, 11) is 0. The van der Waals surface area contributed by atoms with E-state index in [1.54, 1.807) is 4.90 Å². The maximum atomic E-state index is 12.0. The van der Waals surface area contributed by atoms with Gasteiger partial charge in [0, 0.05) is 38.5 Å². The van der Waals surface area contributed by atoms with E-state index in [1.807, 2.05) is 0 Å². The molecule has 16 heavy (non-hydrogen) atoms. The number of rotatable bonds is 0. The Morgan fingerprint density at radius 3 is 1.88 bits per heavy atom. The van der Waals surface area contributed by atoms with Crippen molar-refractivity contribution in [3.63, 3.8) is 0 Å². The van der Waals surface area contributed by atoms with Gasteiger partial charge in [-0.2, -0.15) is 13.2 Å². The van der Waals surface area contributed by atoms with E-state index in [0.717, 1.165) is 4.90 Å². The minimum atomic E-state index is -4.79. The van der Waals surface area contributed by atoms with Crippen LogP contribution in [0.5, 0.6) is 0 Å². The van der Waals surface area contributed by atoms with Crippen LogP contribution in [0, 0.1) is 5.41 Å². The van der Waals surface area contributed by atoms with Gasteiger partial charge in [-0.15, -0.1) is 0 Å². The van der Waals surface area contributed by atoms with Gasteiger partial charge in [-0.1, -0.05) is 0 Å². The molecule has 2 heterocycles. The van der Waals surface area contributed by atoms with Gasteiger partial charge in [-0.05, 0) is 0 Å². The van der Waals surface area contributed by atoms with Gasteiger partial charge in [-0.3, -0.25) is 9.59 Å². The molecule has 2 aliphatic rings. The summed E-state index contributed by atoms with van der Waals surface area (Å²) in [6.45, 7) is 2.56. The molecule has 0 saturated carbocycles. The molecule has 2 amide bonds. The molecule has 2 aliphatic heterocycles. The molecule has 0 unspecified atom stereocenters. The highest BCUT2D eigenvalue weighted by Crippen LogP contribution is 2.41. The third-order valence-electron chi connectivity index (χ3n) is 3.08. The van der Waals surface area contributed by atoms with Crippen LogP contribution in [0.3, 0.4) is 0 Å². The van der Waals surface area contributed by atoms with Crippen LogP contribution in [0.4, 0.5) is 13.2 Å². The molecular formula is C9H11F3N2O2. The monoisotopic (exact) mass is 236 g/mol. The second kappa shape index (κ2) is 3.11. The number of carbonyl (C=O) groups is 2. The van der Waals surface area contributed by atoms with E-state index in [-0.39, 0.29) is 24.4 Å². The van der Waals surface area contributed by atoms with E-state index >= 15 is 0 Å².